The number of carbonyl (C=O) groups is 1. The van der Waals surface area contributed by atoms with E-state index in [9.17, 15) is 4.79 Å². The molecule has 0 saturated heterocycles. The van der Waals surface area contributed by atoms with Crippen molar-refractivity contribution in [3.05, 3.63) is 119 Å². The molecule has 0 aliphatic heterocycles. The molecule has 0 radical (unpaired) electrons. The van der Waals surface area contributed by atoms with Crippen LogP contribution in [-0.4, -0.2) is 10.9 Å². The van der Waals surface area contributed by atoms with Gasteiger partial charge in [0.2, 0.25) is 5.91 Å². The first-order valence-electron chi connectivity index (χ1n) is 11.7. The number of nitrogens with zero attached hydrogens (tertiary/aromatic N) is 1. The summed E-state index contributed by atoms with van der Waals surface area (Å²) in [5.74, 6) is 0.336. The zero-order chi connectivity index (χ0) is 22.6. The summed E-state index contributed by atoms with van der Waals surface area (Å²) in [5.41, 5.74) is 7.35. The smallest absolute Gasteiger partial charge is 0.230 e. The van der Waals surface area contributed by atoms with Gasteiger partial charge in [0.15, 0.2) is 5.13 Å². The monoisotopic (exact) mass is 458 g/mol. The Bertz CT molecular complexity index is 1520. The van der Waals surface area contributed by atoms with Gasteiger partial charge in [0.1, 0.15) is 0 Å². The number of hydrogen-bond donors (Lipinski definition) is 1. The quantitative estimate of drug-likeness (QED) is 0.311. The van der Waals surface area contributed by atoms with Gasteiger partial charge in [0.05, 0.1) is 11.6 Å². The van der Waals surface area contributed by atoms with Crippen molar-refractivity contribution < 1.29 is 4.79 Å². The fraction of sp³-hybridized carbons (Fsp3) is 0.133. The van der Waals surface area contributed by atoms with Crippen molar-refractivity contribution in [2.45, 2.75) is 18.3 Å². The van der Waals surface area contributed by atoms with Gasteiger partial charge in [-0.3, -0.25) is 4.79 Å². The second-order valence-electron chi connectivity index (χ2n) is 9.18. The van der Waals surface area contributed by atoms with Crippen LogP contribution in [0.1, 0.15) is 40.5 Å². The molecule has 1 aromatic heterocycles. The predicted molar refractivity (Wildman–Crippen MR) is 138 cm³/mol. The van der Waals surface area contributed by atoms with Gasteiger partial charge in [0.25, 0.3) is 0 Å². The molecule has 1 atom stereocenters. The molecule has 2 bridgehead atoms. The van der Waals surface area contributed by atoms with E-state index in [1.807, 2.05) is 11.4 Å². The van der Waals surface area contributed by atoms with Crippen molar-refractivity contribution in [2.75, 3.05) is 5.32 Å². The highest BCUT2D eigenvalue weighted by Gasteiger charge is 2.46. The van der Waals surface area contributed by atoms with Gasteiger partial charge in [-0.15, -0.1) is 11.3 Å². The Hall–Kier alpha value is -3.76. The Morgan fingerprint density at radius 3 is 2.21 bits per heavy atom. The van der Waals surface area contributed by atoms with Crippen molar-refractivity contribution in [1.82, 2.24) is 4.98 Å². The minimum Gasteiger partial charge on any atom is -0.302 e. The fourth-order valence-electron chi connectivity index (χ4n) is 6.00. The van der Waals surface area contributed by atoms with Crippen molar-refractivity contribution in [3.63, 3.8) is 0 Å². The van der Waals surface area contributed by atoms with E-state index in [0.29, 0.717) is 5.13 Å². The third kappa shape index (κ3) is 2.95. The molecule has 1 heterocycles. The molecule has 1 N–H and O–H groups in total. The van der Waals surface area contributed by atoms with Crippen molar-refractivity contribution in [2.24, 2.45) is 5.92 Å². The summed E-state index contributed by atoms with van der Waals surface area (Å²) in [6.45, 7) is 0. The summed E-state index contributed by atoms with van der Waals surface area (Å²) >= 11 is 1.49. The van der Waals surface area contributed by atoms with Crippen LogP contribution >= 0.6 is 11.3 Å². The van der Waals surface area contributed by atoms with Crippen LogP contribution in [0.2, 0.25) is 0 Å². The van der Waals surface area contributed by atoms with Crippen LogP contribution in [-0.2, 0) is 4.79 Å². The summed E-state index contributed by atoms with van der Waals surface area (Å²) in [6, 6.07) is 31.9. The van der Waals surface area contributed by atoms with E-state index in [2.05, 4.69) is 90.2 Å². The number of amides is 1. The topological polar surface area (TPSA) is 42.0 Å². The second kappa shape index (κ2) is 7.64. The highest BCUT2D eigenvalue weighted by molar-refractivity contribution is 7.14. The van der Waals surface area contributed by atoms with Gasteiger partial charge in [0, 0.05) is 22.8 Å². The van der Waals surface area contributed by atoms with E-state index >= 15 is 0 Å². The van der Waals surface area contributed by atoms with E-state index in [1.54, 1.807) is 0 Å². The van der Waals surface area contributed by atoms with Crippen LogP contribution in [0.5, 0.6) is 0 Å². The van der Waals surface area contributed by atoms with E-state index in [4.69, 9.17) is 4.98 Å². The lowest BCUT2D eigenvalue weighted by Gasteiger charge is -2.44. The zero-order valence-corrected chi connectivity index (χ0v) is 19.3. The van der Waals surface area contributed by atoms with Crippen LogP contribution in [0.3, 0.4) is 0 Å². The molecule has 0 fully saturated rings. The van der Waals surface area contributed by atoms with Crippen molar-refractivity contribution in [3.8, 4) is 11.3 Å². The molecule has 4 heteroatoms. The van der Waals surface area contributed by atoms with Gasteiger partial charge in [-0.2, -0.15) is 0 Å². The summed E-state index contributed by atoms with van der Waals surface area (Å²) in [6.07, 6.45) is 0.839. The Morgan fingerprint density at radius 1 is 0.794 bits per heavy atom. The zero-order valence-electron chi connectivity index (χ0n) is 18.4. The normalized spacial score (nSPS) is 20.1. The van der Waals surface area contributed by atoms with Crippen LogP contribution in [0, 0.1) is 5.92 Å². The van der Waals surface area contributed by atoms with Gasteiger partial charge >= 0.3 is 0 Å². The molecule has 3 nitrogen and oxygen atoms in total. The van der Waals surface area contributed by atoms with E-state index in [0.717, 1.165) is 17.7 Å². The Balaban J connectivity index is 1.21. The van der Waals surface area contributed by atoms with Gasteiger partial charge < -0.3 is 5.32 Å². The number of hydrogen-bond acceptors (Lipinski definition) is 3. The molecular formula is C30H22N2OS. The number of thiazole rings is 1. The third-order valence-electron chi connectivity index (χ3n) is 7.44. The molecule has 34 heavy (non-hydrogen) atoms. The molecule has 1 amide bonds. The summed E-state index contributed by atoms with van der Waals surface area (Å²) in [4.78, 5) is 18.4. The molecule has 5 aromatic rings. The minimum absolute atomic E-state index is 0.0674. The molecule has 164 valence electrons. The Kier molecular flexibility index (Phi) is 4.42. The first-order chi connectivity index (χ1) is 16.8. The first-order valence-corrected chi connectivity index (χ1v) is 12.6. The maximum atomic E-state index is 13.6. The minimum atomic E-state index is -0.0975. The molecule has 8 rings (SSSR count). The van der Waals surface area contributed by atoms with Gasteiger partial charge in [-0.1, -0.05) is 91.0 Å². The Morgan fingerprint density at radius 2 is 1.44 bits per heavy atom. The second-order valence-corrected chi connectivity index (χ2v) is 10.0. The number of rotatable bonds is 3. The number of anilines is 1. The average molecular weight is 459 g/mol. The fourth-order valence-corrected chi connectivity index (χ4v) is 6.71. The van der Waals surface area contributed by atoms with Crippen molar-refractivity contribution >= 4 is 33.1 Å². The number of aromatic nitrogens is 1. The summed E-state index contributed by atoms with van der Waals surface area (Å²) in [7, 11) is 0. The van der Waals surface area contributed by atoms with E-state index in [1.165, 1.54) is 44.4 Å². The van der Waals surface area contributed by atoms with Gasteiger partial charge in [-0.05, 0) is 39.4 Å². The summed E-state index contributed by atoms with van der Waals surface area (Å²) in [5, 5.41) is 8.23. The van der Waals surface area contributed by atoms with E-state index in [-0.39, 0.29) is 23.7 Å². The molecule has 0 spiro atoms. The van der Waals surface area contributed by atoms with Crippen LogP contribution in [0.4, 0.5) is 5.13 Å². The van der Waals surface area contributed by atoms with Gasteiger partial charge in [-0.25, -0.2) is 4.98 Å². The van der Waals surface area contributed by atoms with Crippen LogP contribution in [0.15, 0.2) is 96.4 Å². The number of benzene rings is 4. The lowest BCUT2D eigenvalue weighted by atomic mass is 9.59. The predicted octanol–water partition coefficient (Wildman–Crippen LogP) is 7.20. The third-order valence-corrected chi connectivity index (χ3v) is 8.20. The maximum Gasteiger partial charge on any atom is 0.230 e. The molecule has 3 aliphatic rings. The van der Waals surface area contributed by atoms with Crippen LogP contribution in [0.25, 0.3) is 22.0 Å². The lowest BCUT2D eigenvalue weighted by molar-refractivity contribution is -0.121. The maximum absolute atomic E-state index is 13.6. The van der Waals surface area contributed by atoms with E-state index < -0.39 is 0 Å². The molecular weight excluding hydrogens is 436 g/mol. The highest BCUT2D eigenvalue weighted by Crippen LogP contribution is 2.55. The van der Waals surface area contributed by atoms with Crippen molar-refractivity contribution in [1.29, 1.82) is 0 Å². The standard InChI is InChI=1S/C30H22N2OS/c33-29(32-30-31-27(17-34-30)22-15-7-9-18-8-1-2-10-19(18)22)26-16-25-20-11-3-5-13-23(20)28(26)24-14-6-4-12-21(24)25/h1-15,17,25-26,28H,16H2,(H,31,32,33). The highest BCUT2D eigenvalue weighted by atomic mass is 32.1. The molecule has 1 unspecified atom stereocenters. The average Bonchev–Trinajstić information content (AvgIpc) is 3.36. The number of nitrogens with one attached hydrogen (secondary N) is 1. The molecule has 4 aromatic carbocycles. The molecule has 0 saturated carbocycles. The summed E-state index contributed by atoms with van der Waals surface area (Å²) < 4.78 is 0. The SMILES string of the molecule is O=C(Nc1nc(-c2cccc3ccccc23)cs1)C1CC2c3ccccc3C1c1ccccc12. The Labute approximate surface area is 202 Å². The number of carbonyl (C=O) groups excluding carboxylic acids is 1. The molecule has 3 aliphatic carbocycles. The largest absolute Gasteiger partial charge is 0.302 e. The first kappa shape index (κ1) is 19.7. The number of fused-ring (bicyclic) bond motifs is 2. The lowest BCUT2D eigenvalue weighted by Crippen LogP contribution is -2.38. The van der Waals surface area contributed by atoms with Crippen LogP contribution < -0.4 is 5.32 Å².